The molecule has 0 radical (unpaired) electrons. The number of rotatable bonds is 1. The van der Waals surface area contributed by atoms with Gasteiger partial charge in [0.15, 0.2) is 0 Å². The first-order chi connectivity index (χ1) is 8.49. The number of hydrogen-bond donors (Lipinski definition) is 0. The van der Waals surface area contributed by atoms with E-state index in [1.807, 2.05) is 6.92 Å². The minimum absolute atomic E-state index is 0.119. The third-order valence-electron chi connectivity index (χ3n) is 3.13. The molecule has 0 aliphatic carbocycles. The number of ketones is 1. The van der Waals surface area contributed by atoms with E-state index in [4.69, 9.17) is 0 Å². The van der Waals surface area contributed by atoms with Crippen molar-refractivity contribution in [2.24, 2.45) is 5.92 Å². The number of Topliss-reactive ketones (excluding diaryl/α,β-unsaturated/α-hetero) is 1. The number of nitrogens with zero attached hydrogens (tertiary/aromatic N) is 1. The van der Waals surface area contributed by atoms with Gasteiger partial charge in [-0.15, -0.1) is 0 Å². The fraction of sp³-hybridized carbons (Fsp3) is 0.385. The zero-order valence-corrected chi connectivity index (χ0v) is 11.5. The molecule has 1 aromatic carbocycles. The highest BCUT2D eigenvalue weighted by atomic mass is 79.9. The number of carbonyl (C=O) groups is 2. The average Bonchev–Trinajstić information content (AvgIpc) is 2.35. The molecule has 1 heterocycles. The van der Waals surface area contributed by atoms with Crippen molar-refractivity contribution in [3.05, 3.63) is 34.1 Å². The lowest BCUT2D eigenvalue weighted by atomic mass is 9.98. The molecule has 3 nitrogen and oxygen atoms in total. The molecule has 96 valence electrons. The Balaban J connectivity index is 2.16. The van der Waals surface area contributed by atoms with Crippen LogP contribution < -0.4 is 0 Å². The predicted octanol–water partition coefficient (Wildman–Crippen LogP) is 2.64. The molecule has 5 heteroatoms. The first-order valence-corrected chi connectivity index (χ1v) is 6.55. The number of hydrogen-bond acceptors (Lipinski definition) is 2. The summed E-state index contributed by atoms with van der Waals surface area (Å²) in [5.41, 5.74) is 0.435. The molecule has 2 rings (SSSR count). The molecule has 0 N–H and O–H groups in total. The molecule has 0 bridgehead atoms. The number of amides is 1. The Kier molecular flexibility index (Phi) is 3.80. The zero-order chi connectivity index (χ0) is 13.3. The molecular weight excluding hydrogens is 301 g/mol. The van der Waals surface area contributed by atoms with Crippen LogP contribution in [0.4, 0.5) is 4.39 Å². The topological polar surface area (TPSA) is 37.4 Å². The van der Waals surface area contributed by atoms with E-state index in [-0.39, 0.29) is 22.1 Å². The molecule has 1 aliphatic heterocycles. The van der Waals surface area contributed by atoms with Gasteiger partial charge in [-0.3, -0.25) is 9.59 Å². The minimum atomic E-state index is -0.395. The Morgan fingerprint density at radius 3 is 2.83 bits per heavy atom. The van der Waals surface area contributed by atoms with Crippen LogP contribution in [0.3, 0.4) is 0 Å². The highest BCUT2D eigenvalue weighted by Gasteiger charge is 2.27. The van der Waals surface area contributed by atoms with Crippen molar-refractivity contribution in [1.29, 1.82) is 0 Å². The van der Waals surface area contributed by atoms with Crippen molar-refractivity contribution in [2.45, 2.75) is 13.3 Å². The Morgan fingerprint density at radius 2 is 2.22 bits per heavy atom. The lowest BCUT2D eigenvalue weighted by Crippen LogP contribution is -2.43. The smallest absolute Gasteiger partial charge is 0.253 e. The Bertz CT molecular complexity index is 504. The van der Waals surface area contributed by atoms with Crippen LogP contribution in [0.1, 0.15) is 23.7 Å². The monoisotopic (exact) mass is 313 g/mol. The number of carbonyl (C=O) groups excluding carboxylic acids is 2. The lowest BCUT2D eigenvalue weighted by molar-refractivity contribution is -0.124. The second-order valence-corrected chi connectivity index (χ2v) is 5.35. The van der Waals surface area contributed by atoms with Gasteiger partial charge >= 0.3 is 0 Å². The summed E-state index contributed by atoms with van der Waals surface area (Å²) in [6.45, 7) is 2.70. The van der Waals surface area contributed by atoms with Crippen molar-refractivity contribution in [2.75, 3.05) is 13.1 Å². The third-order valence-corrected chi connectivity index (χ3v) is 3.73. The van der Waals surface area contributed by atoms with Crippen molar-refractivity contribution in [1.82, 2.24) is 4.90 Å². The Morgan fingerprint density at radius 1 is 1.50 bits per heavy atom. The van der Waals surface area contributed by atoms with Gasteiger partial charge in [0.25, 0.3) is 5.91 Å². The molecule has 18 heavy (non-hydrogen) atoms. The van der Waals surface area contributed by atoms with Crippen LogP contribution in [-0.4, -0.2) is 29.7 Å². The van der Waals surface area contributed by atoms with E-state index in [1.54, 1.807) is 4.90 Å². The molecular formula is C13H13BrFNO2. The second-order valence-electron chi connectivity index (χ2n) is 4.50. The van der Waals surface area contributed by atoms with Crippen LogP contribution in [0.15, 0.2) is 22.7 Å². The van der Waals surface area contributed by atoms with E-state index in [9.17, 15) is 14.0 Å². The molecule has 1 amide bonds. The van der Waals surface area contributed by atoms with Gasteiger partial charge in [-0.05, 0) is 34.1 Å². The van der Waals surface area contributed by atoms with Crippen LogP contribution in [0, 0.1) is 11.7 Å². The number of piperidine rings is 1. The Labute approximate surface area is 113 Å². The quantitative estimate of drug-likeness (QED) is 0.799. The van der Waals surface area contributed by atoms with Crippen LogP contribution in [0.2, 0.25) is 0 Å². The fourth-order valence-corrected chi connectivity index (χ4v) is 2.39. The molecule has 1 atom stereocenters. The Hall–Kier alpha value is -1.23. The first kappa shape index (κ1) is 13.2. The van der Waals surface area contributed by atoms with Crippen molar-refractivity contribution in [3.8, 4) is 0 Å². The van der Waals surface area contributed by atoms with Gasteiger partial charge in [0.2, 0.25) is 0 Å². The summed E-state index contributed by atoms with van der Waals surface area (Å²) in [7, 11) is 0. The van der Waals surface area contributed by atoms with Crippen molar-refractivity contribution in [3.63, 3.8) is 0 Å². The summed E-state index contributed by atoms with van der Waals surface area (Å²) < 4.78 is 13.4. The highest BCUT2D eigenvalue weighted by molar-refractivity contribution is 9.10. The average molecular weight is 314 g/mol. The van der Waals surface area contributed by atoms with Gasteiger partial charge in [0.1, 0.15) is 11.6 Å². The minimum Gasteiger partial charge on any atom is -0.337 e. The molecule has 0 saturated carbocycles. The van der Waals surface area contributed by atoms with Gasteiger partial charge in [-0.1, -0.05) is 6.92 Å². The largest absolute Gasteiger partial charge is 0.337 e. The molecule has 1 aromatic rings. The summed E-state index contributed by atoms with van der Waals surface area (Å²) in [5, 5.41) is 0. The van der Waals surface area contributed by atoms with E-state index in [0.29, 0.717) is 25.1 Å². The number of halogens is 2. The van der Waals surface area contributed by atoms with E-state index >= 15 is 0 Å². The van der Waals surface area contributed by atoms with Crippen LogP contribution in [0.25, 0.3) is 0 Å². The maximum Gasteiger partial charge on any atom is 0.253 e. The van der Waals surface area contributed by atoms with E-state index < -0.39 is 5.82 Å². The maximum absolute atomic E-state index is 13.1. The molecule has 1 unspecified atom stereocenters. The van der Waals surface area contributed by atoms with Gasteiger partial charge in [-0.2, -0.15) is 0 Å². The number of benzene rings is 1. The van der Waals surface area contributed by atoms with Gasteiger partial charge in [0.05, 0.1) is 4.47 Å². The first-order valence-electron chi connectivity index (χ1n) is 5.76. The SMILES string of the molecule is CC1CN(C(=O)c2ccc(F)c(Br)c2)CCC1=O. The summed E-state index contributed by atoms with van der Waals surface area (Å²) in [6, 6.07) is 4.19. The molecule has 0 aromatic heterocycles. The van der Waals surface area contributed by atoms with Crippen LogP contribution in [-0.2, 0) is 4.79 Å². The summed E-state index contributed by atoms with van der Waals surface area (Å²) in [5.74, 6) is -0.477. The highest BCUT2D eigenvalue weighted by Crippen LogP contribution is 2.20. The predicted molar refractivity (Wildman–Crippen MR) is 68.8 cm³/mol. The van der Waals surface area contributed by atoms with Crippen LogP contribution >= 0.6 is 15.9 Å². The molecule has 1 fully saturated rings. The van der Waals surface area contributed by atoms with Crippen molar-refractivity contribution >= 4 is 27.6 Å². The zero-order valence-electron chi connectivity index (χ0n) is 9.95. The maximum atomic E-state index is 13.1. The van der Waals surface area contributed by atoms with Crippen molar-refractivity contribution < 1.29 is 14.0 Å². The summed E-state index contributed by atoms with van der Waals surface area (Å²) >= 11 is 3.06. The fourth-order valence-electron chi connectivity index (χ4n) is 2.01. The normalized spacial score (nSPS) is 20.1. The van der Waals surface area contributed by atoms with Crippen LogP contribution in [0.5, 0.6) is 0 Å². The van der Waals surface area contributed by atoms with E-state index in [0.717, 1.165) is 0 Å². The summed E-state index contributed by atoms with van der Waals surface area (Å²) in [4.78, 5) is 25.2. The van der Waals surface area contributed by atoms with Gasteiger partial charge in [-0.25, -0.2) is 4.39 Å². The summed E-state index contributed by atoms with van der Waals surface area (Å²) in [6.07, 6.45) is 0.398. The standard InChI is InChI=1S/C13H13BrFNO2/c1-8-7-16(5-4-12(8)17)13(18)9-2-3-11(15)10(14)6-9/h2-3,6,8H,4-5,7H2,1H3. The lowest BCUT2D eigenvalue weighted by Gasteiger charge is -2.30. The van der Waals surface area contributed by atoms with E-state index in [1.165, 1.54) is 18.2 Å². The number of likely N-dealkylation sites (tertiary alicyclic amines) is 1. The molecule has 1 saturated heterocycles. The van der Waals surface area contributed by atoms with Gasteiger partial charge in [0, 0.05) is 31.0 Å². The van der Waals surface area contributed by atoms with E-state index in [2.05, 4.69) is 15.9 Å². The molecule has 0 spiro atoms. The third kappa shape index (κ3) is 2.61. The van der Waals surface area contributed by atoms with Gasteiger partial charge < -0.3 is 4.90 Å². The molecule has 1 aliphatic rings. The second kappa shape index (κ2) is 5.18.